The number of halogens is 1. The van der Waals surface area contributed by atoms with Crippen LogP contribution in [0.25, 0.3) is 28.1 Å². The highest BCUT2D eigenvalue weighted by molar-refractivity contribution is 7.98. The summed E-state index contributed by atoms with van der Waals surface area (Å²) in [5, 5.41) is 18.5. The third-order valence-corrected chi connectivity index (χ3v) is 6.37. The van der Waals surface area contributed by atoms with E-state index in [1.165, 1.54) is 22.4 Å². The molecule has 3 aromatic heterocycles. The van der Waals surface area contributed by atoms with Gasteiger partial charge in [0.2, 0.25) is 5.78 Å². The third kappa shape index (κ3) is 3.70. The molecule has 0 unspecified atom stereocenters. The van der Waals surface area contributed by atoms with Crippen LogP contribution in [0.3, 0.4) is 0 Å². The molecule has 0 atom stereocenters. The zero-order valence-electron chi connectivity index (χ0n) is 18.4. The van der Waals surface area contributed by atoms with Crippen LogP contribution in [0.15, 0.2) is 58.5 Å². The molecular formula is C23H22FN7OS. The molecule has 168 valence electrons. The summed E-state index contributed by atoms with van der Waals surface area (Å²) in [6.07, 6.45) is 0. The van der Waals surface area contributed by atoms with Gasteiger partial charge in [-0.05, 0) is 30.2 Å². The lowest BCUT2D eigenvalue weighted by atomic mass is 10.2. The molecule has 0 spiro atoms. The molecule has 2 aromatic carbocycles. The van der Waals surface area contributed by atoms with E-state index in [4.69, 9.17) is 0 Å². The quantitative estimate of drug-likeness (QED) is 0.355. The second-order valence-electron chi connectivity index (χ2n) is 8.21. The molecule has 0 saturated carbocycles. The summed E-state index contributed by atoms with van der Waals surface area (Å²) < 4.78 is 19.8. The van der Waals surface area contributed by atoms with E-state index in [9.17, 15) is 9.18 Å². The number of para-hydroxylation sites is 1. The molecule has 0 bridgehead atoms. The van der Waals surface area contributed by atoms with Crippen LogP contribution >= 0.6 is 11.8 Å². The molecule has 0 aliphatic carbocycles. The van der Waals surface area contributed by atoms with E-state index in [1.807, 2.05) is 27.2 Å². The summed E-state index contributed by atoms with van der Waals surface area (Å²) >= 11 is 1.46. The minimum absolute atomic E-state index is 0.115. The molecule has 10 heteroatoms. The third-order valence-electron chi connectivity index (χ3n) is 5.40. The van der Waals surface area contributed by atoms with Crippen molar-refractivity contribution in [3.8, 4) is 11.4 Å². The van der Waals surface area contributed by atoms with Crippen molar-refractivity contribution in [2.45, 2.75) is 31.3 Å². The maximum Gasteiger partial charge on any atom is 0.262 e. The summed E-state index contributed by atoms with van der Waals surface area (Å²) in [5.74, 6) is 2.11. The average Bonchev–Trinajstić information content (AvgIpc) is 3.40. The van der Waals surface area contributed by atoms with Gasteiger partial charge in [-0.1, -0.05) is 49.9 Å². The van der Waals surface area contributed by atoms with E-state index in [-0.39, 0.29) is 11.4 Å². The molecule has 0 fully saturated rings. The number of fused-ring (bicyclic) bond motifs is 3. The van der Waals surface area contributed by atoms with Crippen molar-refractivity contribution < 1.29 is 4.39 Å². The monoisotopic (exact) mass is 463 g/mol. The minimum Gasteiger partial charge on any atom is -0.302 e. The Labute approximate surface area is 193 Å². The van der Waals surface area contributed by atoms with Crippen LogP contribution in [-0.2, 0) is 19.3 Å². The highest BCUT2D eigenvalue weighted by atomic mass is 32.2. The van der Waals surface area contributed by atoms with Crippen molar-refractivity contribution in [2.75, 3.05) is 0 Å². The normalized spacial score (nSPS) is 11.8. The van der Waals surface area contributed by atoms with E-state index in [2.05, 4.69) is 34.2 Å². The van der Waals surface area contributed by atoms with E-state index in [0.717, 1.165) is 5.52 Å². The van der Waals surface area contributed by atoms with Crippen LogP contribution in [0.4, 0.5) is 4.39 Å². The van der Waals surface area contributed by atoms with Crippen molar-refractivity contribution in [2.24, 2.45) is 13.0 Å². The van der Waals surface area contributed by atoms with Crippen molar-refractivity contribution in [3.63, 3.8) is 0 Å². The lowest BCUT2D eigenvalue weighted by molar-refractivity contribution is 0.496. The molecule has 0 saturated heterocycles. The average molecular weight is 464 g/mol. The van der Waals surface area contributed by atoms with Crippen LogP contribution in [-0.4, -0.2) is 33.9 Å². The molecule has 0 amide bonds. The highest BCUT2D eigenvalue weighted by Gasteiger charge is 2.20. The topological polar surface area (TPSA) is 82.9 Å². The zero-order chi connectivity index (χ0) is 23.1. The van der Waals surface area contributed by atoms with Gasteiger partial charge in [0.05, 0.1) is 22.2 Å². The predicted octanol–water partition coefficient (Wildman–Crippen LogP) is 3.93. The first kappa shape index (κ1) is 21.3. The van der Waals surface area contributed by atoms with E-state index < -0.39 is 0 Å². The van der Waals surface area contributed by atoms with Gasteiger partial charge < -0.3 is 4.57 Å². The maximum atomic E-state index is 14.5. The number of thioether (sulfide) groups is 1. The van der Waals surface area contributed by atoms with Crippen LogP contribution in [0.2, 0.25) is 0 Å². The van der Waals surface area contributed by atoms with Crippen LogP contribution in [0.5, 0.6) is 0 Å². The first-order valence-electron chi connectivity index (χ1n) is 10.6. The number of benzene rings is 2. The lowest BCUT2D eigenvalue weighted by Crippen LogP contribution is -2.20. The van der Waals surface area contributed by atoms with Gasteiger partial charge in [0.1, 0.15) is 11.6 Å². The fourth-order valence-electron chi connectivity index (χ4n) is 3.88. The van der Waals surface area contributed by atoms with E-state index in [0.29, 0.717) is 51.7 Å². The van der Waals surface area contributed by atoms with Crippen LogP contribution in [0.1, 0.15) is 19.7 Å². The lowest BCUT2D eigenvalue weighted by Gasteiger charge is -2.13. The van der Waals surface area contributed by atoms with Gasteiger partial charge in [0.15, 0.2) is 11.0 Å². The van der Waals surface area contributed by atoms with Gasteiger partial charge in [-0.15, -0.1) is 20.4 Å². The number of aromatic nitrogens is 7. The Balaban J connectivity index is 1.55. The second-order valence-corrected chi connectivity index (χ2v) is 9.15. The zero-order valence-corrected chi connectivity index (χ0v) is 19.3. The van der Waals surface area contributed by atoms with Crippen molar-refractivity contribution >= 4 is 28.4 Å². The Morgan fingerprint density at radius 3 is 2.55 bits per heavy atom. The highest BCUT2D eigenvalue weighted by Crippen LogP contribution is 2.29. The number of aryl methyl sites for hydroxylation is 1. The first-order valence-corrected chi connectivity index (χ1v) is 11.6. The first-order chi connectivity index (χ1) is 16.0. The van der Waals surface area contributed by atoms with Gasteiger partial charge in [-0.3, -0.25) is 13.8 Å². The molecule has 8 nitrogen and oxygen atoms in total. The molecule has 0 aliphatic heterocycles. The Bertz CT molecular complexity index is 1540. The van der Waals surface area contributed by atoms with Gasteiger partial charge >= 0.3 is 0 Å². The molecule has 5 aromatic rings. The maximum absolute atomic E-state index is 14.5. The summed E-state index contributed by atoms with van der Waals surface area (Å²) in [4.78, 5) is 12.7. The largest absolute Gasteiger partial charge is 0.302 e. The number of hydrogen-bond donors (Lipinski definition) is 0. The second kappa shape index (κ2) is 8.43. The van der Waals surface area contributed by atoms with E-state index in [1.54, 1.807) is 31.3 Å². The Hall–Kier alpha value is -3.53. The Morgan fingerprint density at radius 2 is 1.76 bits per heavy atom. The van der Waals surface area contributed by atoms with Crippen LogP contribution in [0, 0.1) is 11.7 Å². The van der Waals surface area contributed by atoms with Gasteiger partial charge in [0, 0.05) is 13.6 Å². The van der Waals surface area contributed by atoms with Gasteiger partial charge in [-0.2, -0.15) is 0 Å². The summed E-state index contributed by atoms with van der Waals surface area (Å²) in [6, 6.07) is 14.0. The molecule has 5 rings (SSSR count). The molecule has 0 aliphatic rings. The number of nitrogens with zero attached hydrogens (tertiary/aromatic N) is 7. The molecule has 33 heavy (non-hydrogen) atoms. The number of hydrogen-bond acceptors (Lipinski definition) is 6. The predicted molar refractivity (Wildman–Crippen MR) is 126 cm³/mol. The summed E-state index contributed by atoms with van der Waals surface area (Å²) in [6.45, 7) is 4.84. The van der Waals surface area contributed by atoms with Crippen molar-refractivity contribution in [1.82, 2.24) is 33.9 Å². The Morgan fingerprint density at radius 1 is 1.00 bits per heavy atom. The van der Waals surface area contributed by atoms with Gasteiger partial charge in [0.25, 0.3) is 5.56 Å². The van der Waals surface area contributed by atoms with Crippen molar-refractivity contribution in [3.05, 3.63) is 70.5 Å². The smallest absolute Gasteiger partial charge is 0.262 e. The van der Waals surface area contributed by atoms with Gasteiger partial charge in [-0.25, -0.2) is 4.39 Å². The van der Waals surface area contributed by atoms with E-state index >= 15 is 0 Å². The molecule has 0 N–H and O–H groups in total. The Kier molecular flexibility index (Phi) is 5.45. The molecule has 3 heterocycles. The standard InChI is InChI=1S/C23H22FN7OS/c1-14(2)12-30-20(15-8-4-6-10-17(15)24)26-28-23(30)33-13-19-25-27-22-29(3)21(32)16-9-5-7-11-18(16)31(19)22/h4-11,14H,12-13H2,1-3H3. The van der Waals surface area contributed by atoms with Crippen LogP contribution < -0.4 is 5.56 Å². The minimum atomic E-state index is -0.331. The summed E-state index contributed by atoms with van der Waals surface area (Å²) in [7, 11) is 1.69. The molecule has 0 radical (unpaired) electrons. The summed E-state index contributed by atoms with van der Waals surface area (Å²) in [5.41, 5.74) is 1.06. The molecular weight excluding hydrogens is 441 g/mol. The van der Waals surface area contributed by atoms with Crippen molar-refractivity contribution in [1.29, 1.82) is 0 Å². The SMILES string of the molecule is CC(C)Cn1c(SCc2nnc3n(C)c(=O)c4ccccc4n23)nnc1-c1ccccc1F. The fourth-order valence-corrected chi connectivity index (χ4v) is 4.74. The number of rotatable bonds is 6. The fraction of sp³-hybridized carbons (Fsp3) is 0.261.